The van der Waals surface area contributed by atoms with Crippen molar-refractivity contribution in [2.45, 2.75) is 20.0 Å². The minimum absolute atomic E-state index is 0.0118. The summed E-state index contributed by atoms with van der Waals surface area (Å²) < 4.78 is 55.7. The zero-order valence-corrected chi connectivity index (χ0v) is 11.5. The number of hydrogen-bond donors (Lipinski definition) is 0. The van der Waals surface area contributed by atoms with Gasteiger partial charge in [0.25, 0.3) is 0 Å². The zero-order chi connectivity index (χ0) is 14.0. The van der Waals surface area contributed by atoms with Crippen molar-refractivity contribution in [3.8, 4) is 5.75 Å². The Hall–Kier alpha value is -0.780. The lowest BCUT2D eigenvalue weighted by Crippen LogP contribution is -2.23. The Morgan fingerprint density at radius 2 is 1.83 bits per heavy atom. The molecular weight excluding hydrogens is 316 g/mol. The number of hydrogen-bond acceptors (Lipinski definition) is 1. The van der Waals surface area contributed by atoms with Crippen molar-refractivity contribution < 1.29 is 22.3 Å². The van der Waals surface area contributed by atoms with Crippen molar-refractivity contribution in [1.82, 2.24) is 0 Å². The Bertz CT molecular complexity index is 415. The Labute approximate surface area is 111 Å². The van der Waals surface area contributed by atoms with E-state index in [-0.39, 0.29) is 17.8 Å². The van der Waals surface area contributed by atoms with Crippen molar-refractivity contribution in [2.75, 3.05) is 11.9 Å². The van der Waals surface area contributed by atoms with Gasteiger partial charge in [-0.1, -0.05) is 29.8 Å². The minimum Gasteiger partial charge on any atom is -0.493 e. The molecule has 0 aliphatic rings. The molecule has 0 saturated carbocycles. The number of alkyl halides is 4. The van der Waals surface area contributed by atoms with Gasteiger partial charge in [0.1, 0.15) is 11.6 Å². The molecule has 0 bridgehead atoms. The van der Waals surface area contributed by atoms with Gasteiger partial charge in [-0.25, -0.2) is 4.39 Å². The van der Waals surface area contributed by atoms with E-state index in [0.717, 1.165) is 6.07 Å². The van der Waals surface area contributed by atoms with Gasteiger partial charge in [0.05, 0.1) is 12.2 Å². The average molecular weight is 329 g/mol. The van der Waals surface area contributed by atoms with Crippen LogP contribution < -0.4 is 4.74 Å². The molecule has 0 amide bonds. The van der Waals surface area contributed by atoms with Gasteiger partial charge < -0.3 is 4.74 Å². The summed E-state index contributed by atoms with van der Waals surface area (Å²) in [6.45, 7) is 4.03. The topological polar surface area (TPSA) is 9.23 Å². The molecule has 102 valence electrons. The highest BCUT2D eigenvalue weighted by Gasteiger charge is 2.34. The van der Waals surface area contributed by atoms with Gasteiger partial charge in [0.2, 0.25) is 0 Å². The van der Waals surface area contributed by atoms with Crippen molar-refractivity contribution in [3.05, 3.63) is 29.6 Å². The largest absolute Gasteiger partial charge is 0.493 e. The van der Waals surface area contributed by atoms with E-state index in [2.05, 4.69) is 15.9 Å². The van der Waals surface area contributed by atoms with Crippen LogP contribution in [0, 0.1) is 11.2 Å². The second-order valence-corrected chi connectivity index (χ2v) is 5.29. The number of rotatable bonds is 4. The molecule has 0 N–H and O–H groups in total. The lowest BCUT2D eigenvalue weighted by molar-refractivity contribution is -0.140. The van der Waals surface area contributed by atoms with Gasteiger partial charge in [-0.15, -0.1) is 0 Å². The Balaban J connectivity index is 2.87. The van der Waals surface area contributed by atoms with Crippen LogP contribution in [0.5, 0.6) is 5.75 Å². The standard InChI is InChI=1S/C12H13BrF4O/c1-11(2,6-13)7-18-8-3-4-10(14)9(5-8)12(15,16)17/h3-5H,6-7H2,1-2H3. The van der Waals surface area contributed by atoms with Gasteiger partial charge >= 0.3 is 6.18 Å². The normalized spacial score (nSPS) is 12.6. The van der Waals surface area contributed by atoms with E-state index in [0.29, 0.717) is 11.4 Å². The predicted octanol–water partition coefficient (Wildman–Crippen LogP) is 4.64. The van der Waals surface area contributed by atoms with Crippen LogP contribution in [-0.4, -0.2) is 11.9 Å². The first kappa shape index (κ1) is 15.3. The summed E-state index contributed by atoms with van der Waals surface area (Å²) in [6.07, 6.45) is -4.71. The van der Waals surface area contributed by atoms with E-state index < -0.39 is 17.6 Å². The highest BCUT2D eigenvalue weighted by molar-refractivity contribution is 9.09. The van der Waals surface area contributed by atoms with E-state index in [4.69, 9.17) is 4.74 Å². The maximum atomic E-state index is 13.0. The SMILES string of the molecule is CC(C)(CBr)COc1ccc(F)c(C(F)(F)F)c1. The van der Waals surface area contributed by atoms with E-state index in [1.54, 1.807) is 0 Å². The fraction of sp³-hybridized carbons (Fsp3) is 0.500. The summed E-state index contributed by atoms with van der Waals surface area (Å²) in [5.41, 5.74) is -1.52. The summed E-state index contributed by atoms with van der Waals surface area (Å²) in [6, 6.07) is 2.63. The van der Waals surface area contributed by atoms with E-state index in [9.17, 15) is 17.6 Å². The highest BCUT2D eigenvalue weighted by Crippen LogP contribution is 2.34. The number of benzene rings is 1. The van der Waals surface area contributed by atoms with Crippen molar-refractivity contribution in [2.24, 2.45) is 5.41 Å². The molecule has 0 heterocycles. The van der Waals surface area contributed by atoms with Crippen LogP contribution >= 0.6 is 15.9 Å². The summed E-state index contributed by atoms with van der Waals surface area (Å²) in [5.74, 6) is -1.28. The lowest BCUT2D eigenvalue weighted by atomic mass is 9.98. The number of ether oxygens (including phenoxy) is 1. The molecule has 0 aromatic heterocycles. The molecule has 0 fully saturated rings. The first-order chi connectivity index (χ1) is 8.15. The van der Waals surface area contributed by atoms with E-state index >= 15 is 0 Å². The molecule has 1 rings (SSSR count). The molecule has 0 unspecified atom stereocenters. The molecule has 1 aromatic carbocycles. The molecule has 18 heavy (non-hydrogen) atoms. The monoisotopic (exact) mass is 328 g/mol. The third-order valence-corrected chi connectivity index (χ3v) is 3.75. The molecule has 6 heteroatoms. The maximum absolute atomic E-state index is 13.0. The molecule has 0 radical (unpaired) electrons. The van der Waals surface area contributed by atoms with E-state index in [1.165, 1.54) is 6.07 Å². The second-order valence-electron chi connectivity index (χ2n) is 4.73. The molecule has 1 aromatic rings. The van der Waals surface area contributed by atoms with Crippen LogP contribution in [0.25, 0.3) is 0 Å². The first-order valence-electron chi connectivity index (χ1n) is 5.21. The van der Waals surface area contributed by atoms with Crippen LogP contribution in [0.15, 0.2) is 18.2 Å². The highest BCUT2D eigenvalue weighted by atomic mass is 79.9. The smallest absolute Gasteiger partial charge is 0.419 e. The van der Waals surface area contributed by atoms with Crippen LogP contribution in [0.3, 0.4) is 0 Å². The Morgan fingerprint density at radius 1 is 1.22 bits per heavy atom. The fourth-order valence-corrected chi connectivity index (χ4v) is 1.29. The number of halogens is 5. The first-order valence-corrected chi connectivity index (χ1v) is 6.33. The molecule has 1 nitrogen and oxygen atoms in total. The van der Waals surface area contributed by atoms with Crippen LogP contribution in [0.2, 0.25) is 0 Å². The van der Waals surface area contributed by atoms with Gasteiger partial charge in [-0.05, 0) is 18.2 Å². The molecule has 0 saturated heterocycles. The average Bonchev–Trinajstić information content (AvgIpc) is 2.26. The van der Waals surface area contributed by atoms with Crippen LogP contribution in [0.1, 0.15) is 19.4 Å². The van der Waals surface area contributed by atoms with Crippen molar-refractivity contribution >= 4 is 15.9 Å². The molecule has 0 aliphatic heterocycles. The molecular formula is C12H13BrF4O. The van der Waals surface area contributed by atoms with Crippen molar-refractivity contribution in [3.63, 3.8) is 0 Å². The Morgan fingerprint density at radius 3 is 2.33 bits per heavy atom. The quantitative estimate of drug-likeness (QED) is 0.577. The second kappa shape index (κ2) is 5.47. The third kappa shape index (κ3) is 4.15. The third-order valence-electron chi connectivity index (χ3n) is 2.23. The predicted molar refractivity (Wildman–Crippen MR) is 64.5 cm³/mol. The van der Waals surface area contributed by atoms with Gasteiger partial charge in [-0.2, -0.15) is 13.2 Å². The maximum Gasteiger partial charge on any atom is 0.419 e. The van der Waals surface area contributed by atoms with Gasteiger partial charge in [0.15, 0.2) is 0 Å². The van der Waals surface area contributed by atoms with Crippen molar-refractivity contribution in [1.29, 1.82) is 0 Å². The molecule has 0 spiro atoms. The van der Waals surface area contributed by atoms with E-state index in [1.807, 2.05) is 13.8 Å². The zero-order valence-electron chi connectivity index (χ0n) is 9.94. The summed E-state index contributed by atoms with van der Waals surface area (Å²) in [5, 5.41) is 0.646. The minimum atomic E-state index is -4.71. The van der Waals surface area contributed by atoms with Crippen LogP contribution in [0.4, 0.5) is 17.6 Å². The summed E-state index contributed by atoms with van der Waals surface area (Å²) in [7, 11) is 0. The Kier molecular flexibility index (Phi) is 4.64. The lowest BCUT2D eigenvalue weighted by Gasteiger charge is -2.22. The molecule has 0 aliphatic carbocycles. The summed E-state index contributed by atoms with van der Waals surface area (Å²) >= 11 is 3.28. The summed E-state index contributed by atoms with van der Waals surface area (Å²) in [4.78, 5) is 0. The van der Waals surface area contributed by atoms with Gasteiger partial charge in [0, 0.05) is 10.7 Å². The van der Waals surface area contributed by atoms with Crippen LogP contribution in [-0.2, 0) is 6.18 Å². The van der Waals surface area contributed by atoms with Gasteiger partial charge in [-0.3, -0.25) is 0 Å². The molecule has 0 atom stereocenters. The fourth-order valence-electron chi connectivity index (χ4n) is 1.13.